The van der Waals surface area contributed by atoms with Crippen molar-refractivity contribution in [1.82, 2.24) is 13.8 Å². The summed E-state index contributed by atoms with van der Waals surface area (Å²) >= 11 is 7.20. The van der Waals surface area contributed by atoms with Gasteiger partial charge in [0.25, 0.3) is 0 Å². The van der Waals surface area contributed by atoms with Crippen molar-refractivity contribution in [3.8, 4) is 11.4 Å². The Balaban J connectivity index is 1.63. The Morgan fingerprint density at radius 3 is 2.46 bits per heavy atom. The SMILES string of the molecule is CCOC(=O)c1ccc(Sn2nc(-c3ccc(Cl)cc3)n(C3CC3)c2=O)cc1. The molecule has 0 spiro atoms. The van der Waals surface area contributed by atoms with Crippen LogP contribution in [0.2, 0.25) is 5.02 Å². The molecule has 8 heteroatoms. The second-order valence-corrected chi connectivity index (χ2v) is 7.86. The first kappa shape index (κ1) is 18.8. The average molecular weight is 416 g/mol. The van der Waals surface area contributed by atoms with Crippen molar-refractivity contribution in [1.29, 1.82) is 0 Å². The van der Waals surface area contributed by atoms with Gasteiger partial charge in [0.05, 0.1) is 12.2 Å². The number of ether oxygens (including phenoxy) is 1. The quantitative estimate of drug-likeness (QED) is 0.557. The van der Waals surface area contributed by atoms with Gasteiger partial charge in [-0.2, -0.15) is 0 Å². The largest absolute Gasteiger partial charge is 0.462 e. The molecular weight excluding hydrogens is 398 g/mol. The van der Waals surface area contributed by atoms with Crippen LogP contribution >= 0.6 is 23.5 Å². The molecule has 0 bridgehead atoms. The summed E-state index contributed by atoms with van der Waals surface area (Å²) in [5.41, 5.74) is 1.17. The molecule has 1 fully saturated rings. The number of carbonyl (C=O) groups excluding carboxylic acids is 1. The molecule has 2 aromatic carbocycles. The van der Waals surface area contributed by atoms with Crippen molar-refractivity contribution < 1.29 is 9.53 Å². The van der Waals surface area contributed by atoms with Gasteiger partial charge >= 0.3 is 11.7 Å². The Hall–Kier alpha value is -2.51. The number of esters is 1. The Morgan fingerprint density at radius 1 is 1.18 bits per heavy atom. The van der Waals surface area contributed by atoms with Crippen molar-refractivity contribution in [2.75, 3.05) is 6.61 Å². The molecule has 0 aliphatic heterocycles. The van der Waals surface area contributed by atoms with E-state index in [0.717, 1.165) is 23.3 Å². The molecule has 1 heterocycles. The number of nitrogens with zero attached hydrogens (tertiary/aromatic N) is 3. The molecule has 28 heavy (non-hydrogen) atoms. The first-order valence-electron chi connectivity index (χ1n) is 9.00. The Kier molecular flexibility index (Phi) is 5.28. The molecule has 0 radical (unpaired) electrons. The van der Waals surface area contributed by atoms with E-state index in [0.29, 0.717) is 23.0 Å². The lowest BCUT2D eigenvalue weighted by Gasteiger charge is -2.03. The summed E-state index contributed by atoms with van der Waals surface area (Å²) in [5.74, 6) is 0.277. The lowest BCUT2D eigenvalue weighted by atomic mass is 10.2. The zero-order valence-electron chi connectivity index (χ0n) is 15.2. The summed E-state index contributed by atoms with van der Waals surface area (Å²) < 4.78 is 8.13. The molecule has 144 valence electrons. The summed E-state index contributed by atoms with van der Waals surface area (Å²) in [6.07, 6.45) is 1.95. The van der Waals surface area contributed by atoms with E-state index in [1.54, 1.807) is 47.9 Å². The fourth-order valence-electron chi connectivity index (χ4n) is 2.84. The van der Waals surface area contributed by atoms with E-state index in [1.807, 2.05) is 12.1 Å². The highest BCUT2D eigenvalue weighted by Crippen LogP contribution is 2.37. The highest BCUT2D eigenvalue weighted by atomic mass is 35.5. The fraction of sp³-hybridized carbons (Fsp3) is 0.250. The minimum atomic E-state index is -0.362. The molecule has 6 nitrogen and oxygen atoms in total. The number of hydrogen-bond donors (Lipinski definition) is 0. The van der Waals surface area contributed by atoms with Crippen LogP contribution in [0, 0.1) is 0 Å². The molecule has 0 atom stereocenters. The number of aromatic nitrogens is 3. The Morgan fingerprint density at radius 2 is 1.86 bits per heavy atom. The van der Waals surface area contributed by atoms with E-state index in [9.17, 15) is 9.59 Å². The van der Waals surface area contributed by atoms with Crippen LogP contribution in [0.4, 0.5) is 0 Å². The highest BCUT2D eigenvalue weighted by Gasteiger charge is 2.30. The van der Waals surface area contributed by atoms with E-state index in [-0.39, 0.29) is 17.7 Å². The molecule has 1 aromatic heterocycles. The molecule has 1 aliphatic rings. The maximum atomic E-state index is 12.9. The van der Waals surface area contributed by atoms with Crippen LogP contribution in [-0.4, -0.2) is 26.3 Å². The highest BCUT2D eigenvalue weighted by molar-refractivity contribution is 7.97. The summed E-state index contributed by atoms with van der Waals surface area (Å²) in [4.78, 5) is 25.5. The Labute approximate surface area is 171 Å². The molecule has 0 unspecified atom stereocenters. The van der Waals surface area contributed by atoms with E-state index in [2.05, 4.69) is 5.10 Å². The minimum Gasteiger partial charge on any atom is -0.462 e. The maximum absolute atomic E-state index is 12.9. The standard InChI is InChI=1S/C20H18ClN3O3S/c1-2-27-19(25)14-5-11-17(12-6-14)28-24-20(26)23(16-9-10-16)18(22-24)13-3-7-15(21)8-4-13/h3-8,11-12,16H,2,9-10H2,1H3. The monoisotopic (exact) mass is 415 g/mol. The van der Waals surface area contributed by atoms with Crippen LogP contribution < -0.4 is 5.69 Å². The summed E-state index contributed by atoms with van der Waals surface area (Å²) in [6, 6.07) is 14.4. The van der Waals surface area contributed by atoms with Crippen LogP contribution in [0.25, 0.3) is 11.4 Å². The topological polar surface area (TPSA) is 66.1 Å². The molecule has 3 aromatic rings. The first-order chi connectivity index (χ1) is 13.6. The molecule has 1 aliphatic carbocycles. The first-order valence-corrected chi connectivity index (χ1v) is 10.1. The van der Waals surface area contributed by atoms with Crippen molar-refractivity contribution >= 4 is 29.5 Å². The van der Waals surface area contributed by atoms with Gasteiger partial charge in [0.2, 0.25) is 0 Å². The molecule has 4 rings (SSSR count). The van der Waals surface area contributed by atoms with Gasteiger partial charge in [0, 0.05) is 33.5 Å². The van der Waals surface area contributed by atoms with Crippen molar-refractivity contribution in [2.24, 2.45) is 0 Å². The fourth-order valence-corrected chi connectivity index (χ4v) is 3.71. The third-order valence-electron chi connectivity index (χ3n) is 4.36. The molecule has 1 saturated carbocycles. The molecular formula is C20H18ClN3O3S. The smallest absolute Gasteiger partial charge is 0.357 e. The summed E-state index contributed by atoms with van der Waals surface area (Å²) in [6.45, 7) is 2.10. The number of hydrogen-bond acceptors (Lipinski definition) is 5. The van der Waals surface area contributed by atoms with Crippen LogP contribution in [-0.2, 0) is 4.74 Å². The summed E-state index contributed by atoms with van der Waals surface area (Å²) in [5, 5.41) is 5.19. The van der Waals surface area contributed by atoms with Crippen LogP contribution in [0.3, 0.4) is 0 Å². The number of carbonyl (C=O) groups is 1. The van der Waals surface area contributed by atoms with E-state index >= 15 is 0 Å². The van der Waals surface area contributed by atoms with Crippen molar-refractivity contribution in [2.45, 2.75) is 30.7 Å². The van der Waals surface area contributed by atoms with Gasteiger partial charge in [-0.25, -0.2) is 9.59 Å². The van der Waals surface area contributed by atoms with Gasteiger partial charge < -0.3 is 4.74 Å². The Bertz CT molecular complexity index is 1050. The summed E-state index contributed by atoms with van der Waals surface area (Å²) in [7, 11) is 0. The predicted molar refractivity (Wildman–Crippen MR) is 109 cm³/mol. The van der Waals surface area contributed by atoms with Crippen molar-refractivity contribution in [3.05, 3.63) is 69.6 Å². The minimum absolute atomic E-state index is 0.160. The van der Waals surface area contributed by atoms with Crippen LogP contribution in [0.5, 0.6) is 0 Å². The molecule has 0 amide bonds. The lowest BCUT2D eigenvalue weighted by molar-refractivity contribution is 0.0526. The molecule has 0 saturated heterocycles. The van der Waals surface area contributed by atoms with Gasteiger partial charge in [0.1, 0.15) is 0 Å². The third-order valence-corrected chi connectivity index (χ3v) is 5.50. The zero-order valence-corrected chi connectivity index (χ0v) is 16.7. The van der Waals surface area contributed by atoms with Gasteiger partial charge in [-0.15, -0.1) is 9.19 Å². The van der Waals surface area contributed by atoms with Crippen LogP contribution in [0.1, 0.15) is 36.2 Å². The number of halogens is 1. The van der Waals surface area contributed by atoms with Crippen LogP contribution in [0.15, 0.2) is 58.2 Å². The zero-order chi connectivity index (χ0) is 19.7. The number of rotatable bonds is 6. The van der Waals surface area contributed by atoms with E-state index in [1.165, 1.54) is 16.0 Å². The predicted octanol–water partition coefficient (Wildman–Crippen LogP) is 4.43. The van der Waals surface area contributed by atoms with Gasteiger partial charge in [0.15, 0.2) is 5.82 Å². The lowest BCUT2D eigenvalue weighted by Crippen LogP contribution is -2.21. The normalized spacial score (nSPS) is 13.5. The van der Waals surface area contributed by atoms with E-state index in [4.69, 9.17) is 16.3 Å². The van der Waals surface area contributed by atoms with E-state index < -0.39 is 0 Å². The number of benzene rings is 2. The second kappa shape index (κ2) is 7.85. The van der Waals surface area contributed by atoms with Gasteiger partial charge in [-0.3, -0.25) is 4.57 Å². The average Bonchev–Trinajstić information content (AvgIpc) is 3.48. The molecule has 0 N–H and O–H groups in total. The van der Waals surface area contributed by atoms with Gasteiger partial charge in [-0.1, -0.05) is 11.6 Å². The second-order valence-electron chi connectivity index (χ2n) is 6.42. The van der Waals surface area contributed by atoms with Crippen molar-refractivity contribution in [3.63, 3.8) is 0 Å². The third kappa shape index (κ3) is 3.86. The maximum Gasteiger partial charge on any atom is 0.357 e. The van der Waals surface area contributed by atoms with Gasteiger partial charge in [-0.05, 0) is 68.3 Å².